The molecule has 3 N–H and O–H groups in total. The summed E-state index contributed by atoms with van der Waals surface area (Å²) in [4.78, 5) is 24.0. The topological polar surface area (TPSA) is 191 Å². The van der Waals surface area contributed by atoms with Crippen molar-refractivity contribution in [1.29, 1.82) is 15.8 Å². The maximum Gasteiger partial charge on any atom is 0.140 e. The van der Waals surface area contributed by atoms with Gasteiger partial charge in [-0.2, -0.15) is 15.8 Å². The molecular formula is C69H66Cl6N12O3S3. The van der Waals surface area contributed by atoms with Crippen molar-refractivity contribution in [3.8, 4) is 18.2 Å². The molecule has 0 amide bonds. The Balaban J connectivity index is 0.000000144. The molecule has 6 atom stereocenters. The van der Waals surface area contributed by atoms with Gasteiger partial charge in [0.15, 0.2) is 0 Å². The first kappa shape index (κ1) is 69.4. The van der Waals surface area contributed by atoms with Crippen molar-refractivity contribution in [2.24, 2.45) is 0 Å². The Hall–Kier alpha value is -6.42. The fourth-order valence-corrected chi connectivity index (χ4v) is 14.7. The van der Waals surface area contributed by atoms with Gasteiger partial charge in [0.05, 0.1) is 58.5 Å². The minimum Gasteiger partial charge on any atom is -0.382 e. The fraction of sp³-hybridized carbons (Fsp3) is 0.304. The quantitative estimate of drug-likeness (QED) is 0.0923. The van der Waals surface area contributed by atoms with Crippen molar-refractivity contribution >= 4 is 121 Å². The van der Waals surface area contributed by atoms with E-state index in [1.165, 1.54) is 28.2 Å². The molecule has 0 spiro atoms. The van der Waals surface area contributed by atoms with E-state index >= 15 is 0 Å². The van der Waals surface area contributed by atoms with Crippen molar-refractivity contribution in [3.05, 3.63) is 241 Å². The Morgan fingerprint density at radius 1 is 0.516 bits per heavy atom. The third-order valence-electron chi connectivity index (χ3n) is 16.4. The minimum absolute atomic E-state index is 0.00797. The first-order valence-corrected chi connectivity index (χ1v) is 34.7. The number of aromatic nitrogens is 3. The molecule has 0 bridgehead atoms. The van der Waals surface area contributed by atoms with Crippen LogP contribution in [0.4, 0.5) is 17.1 Å². The summed E-state index contributed by atoms with van der Waals surface area (Å²) in [5, 5.41) is 66.2. The van der Waals surface area contributed by atoms with E-state index < -0.39 is 11.2 Å². The summed E-state index contributed by atoms with van der Waals surface area (Å²) in [5.41, 5.74) is 5.65. The highest BCUT2D eigenvalue weighted by Crippen LogP contribution is 2.41. The number of rotatable bonds is 13. The number of benzene rings is 6. The summed E-state index contributed by atoms with van der Waals surface area (Å²) in [7, 11) is 0. The lowest BCUT2D eigenvalue weighted by Gasteiger charge is -2.45. The third kappa shape index (κ3) is 17.7. The number of halogens is 6. The summed E-state index contributed by atoms with van der Waals surface area (Å²) in [5.74, 6) is 0. The molecule has 7 heterocycles. The van der Waals surface area contributed by atoms with Crippen LogP contribution in [-0.4, -0.2) is 114 Å². The van der Waals surface area contributed by atoms with E-state index in [2.05, 4.69) is 69.9 Å². The lowest BCUT2D eigenvalue weighted by atomic mass is 9.98. The molecule has 13 rings (SSSR count). The third-order valence-corrected chi connectivity index (χ3v) is 20.9. The largest absolute Gasteiger partial charge is 0.382 e. The van der Waals surface area contributed by atoms with Gasteiger partial charge in [0.1, 0.15) is 50.0 Å². The minimum atomic E-state index is -1.03. The highest BCUT2D eigenvalue weighted by Gasteiger charge is 2.44. The second kappa shape index (κ2) is 31.4. The van der Waals surface area contributed by atoms with Crippen molar-refractivity contribution < 1.29 is 14.9 Å². The molecule has 4 fully saturated rings. The molecule has 93 heavy (non-hydrogen) atoms. The van der Waals surface area contributed by atoms with Crippen LogP contribution in [-0.2, 0) is 21.5 Å². The number of nitrogens with zero attached hydrogens (tertiary/aromatic N) is 11. The van der Waals surface area contributed by atoms with Gasteiger partial charge < -0.3 is 35.0 Å². The normalized spacial score (nSPS) is 20.1. The number of anilines is 3. The maximum absolute atomic E-state index is 11.0. The van der Waals surface area contributed by atoms with Crippen LogP contribution in [0, 0.1) is 34.0 Å². The monoisotopic (exact) mass is 1420 g/mol. The number of thiazole rings is 3. The second-order valence-corrected chi connectivity index (χ2v) is 28.7. The highest BCUT2D eigenvalue weighted by atomic mass is 35.5. The van der Waals surface area contributed by atoms with E-state index in [4.69, 9.17) is 74.3 Å². The zero-order chi connectivity index (χ0) is 65.9. The van der Waals surface area contributed by atoms with E-state index in [9.17, 15) is 26.0 Å². The molecule has 4 saturated heterocycles. The Bertz CT molecular complexity index is 3880. The van der Waals surface area contributed by atoms with Crippen LogP contribution in [0.1, 0.15) is 87.3 Å². The molecule has 0 aliphatic carbocycles. The number of hydrogen-bond acceptors (Lipinski definition) is 18. The summed E-state index contributed by atoms with van der Waals surface area (Å²) < 4.78 is 5.19. The Morgan fingerprint density at radius 2 is 0.871 bits per heavy atom. The van der Waals surface area contributed by atoms with Gasteiger partial charge in [0.2, 0.25) is 0 Å². The SMILES string of the molecule is C[C@@](O)(CN1CCN(c2ccc(Cl)cc2C#N)[C@H](c2ccc(Cl)cc2)C1)c1nccs1.C[C@](O)(CN1CCN(c2ccc(Cl)cc2C#N)[C@H](c2ccc(Cl)cc2)C1)c1nccs1.C[C@]1(c2nccs2)CO1.N#Cc1cc(Cl)ccc1N1CCNC[C@H]1c1ccc(Cl)cc1. The van der Waals surface area contributed by atoms with Gasteiger partial charge in [0, 0.05) is 137 Å². The maximum atomic E-state index is 11.0. The smallest absolute Gasteiger partial charge is 0.140 e. The average Bonchev–Trinajstić information content (AvgIpc) is 1.52. The first-order chi connectivity index (χ1) is 44.7. The number of β-amino-alcohol motifs (C(OH)–C–C–N with tert-alkyl or cyclic N) is 2. The van der Waals surface area contributed by atoms with Gasteiger partial charge in [-0.25, -0.2) is 15.0 Å². The van der Waals surface area contributed by atoms with Gasteiger partial charge >= 0.3 is 0 Å². The molecule has 0 unspecified atom stereocenters. The summed E-state index contributed by atoms with van der Waals surface area (Å²) >= 11 is 41.1. The fourth-order valence-electron chi connectivity index (χ4n) is 11.7. The molecule has 4 aliphatic heterocycles. The number of nitriles is 3. The van der Waals surface area contributed by atoms with Crippen LogP contribution >= 0.6 is 104 Å². The number of piperazine rings is 3. The van der Waals surface area contributed by atoms with Gasteiger partial charge in [-0.1, -0.05) is 106 Å². The van der Waals surface area contributed by atoms with Crippen LogP contribution in [0.2, 0.25) is 30.1 Å². The van der Waals surface area contributed by atoms with Gasteiger partial charge in [-0.15, -0.1) is 34.0 Å². The number of ether oxygens (including phenoxy) is 1. The Morgan fingerprint density at radius 3 is 1.22 bits per heavy atom. The molecule has 0 radical (unpaired) electrons. The summed E-state index contributed by atoms with van der Waals surface area (Å²) in [6, 6.07) is 46.8. The van der Waals surface area contributed by atoms with Crippen LogP contribution in [0.5, 0.6) is 0 Å². The van der Waals surface area contributed by atoms with Gasteiger partial charge in [-0.05, 0) is 128 Å². The molecule has 15 nitrogen and oxygen atoms in total. The predicted octanol–water partition coefficient (Wildman–Crippen LogP) is 15.6. The number of hydrogen-bond donors (Lipinski definition) is 3. The molecule has 4 aliphatic rings. The Labute approximate surface area is 584 Å². The second-order valence-electron chi connectivity index (χ2n) is 23.4. The molecule has 9 aromatic rings. The van der Waals surface area contributed by atoms with E-state index in [0.717, 1.165) is 77.5 Å². The first-order valence-electron chi connectivity index (χ1n) is 29.8. The van der Waals surface area contributed by atoms with Crippen LogP contribution in [0.3, 0.4) is 0 Å². The van der Waals surface area contributed by atoms with E-state index in [0.29, 0.717) is 91.1 Å². The van der Waals surface area contributed by atoms with E-state index in [1.54, 1.807) is 41.9 Å². The lowest BCUT2D eigenvalue weighted by Crippen LogP contribution is -2.52. The molecule has 24 heteroatoms. The average molecular weight is 1420 g/mol. The molecular weight excluding hydrogens is 1350 g/mol. The van der Waals surface area contributed by atoms with Crippen molar-refractivity contribution in [2.45, 2.75) is 55.7 Å². The Kier molecular flexibility index (Phi) is 23.5. The molecule has 480 valence electrons. The molecule has 0 saturated carbocycles. The number of nitrogens with one attached hydrogen (secondary N) is 1. The van der Waals surface area contributed by atoms with Crippen molar-refractivity contribution in [2.75, 3.05) is 93.3 Å². The van der Waals surface area contributed by atoms with E-state index in [-0.39, 0.29) is 23.7 Å². The molecule has 3 aromatic heterocycles. The van der Waals surface area contributed by atoms with Gasteiger partial charge in [0.25, 0.3) is 0 Å². The standard InChI is InChI=1S/2C23H22Cl2N4OS.C17H15Cl2N3.C6H7NOS/c2*1-23(30,22-27-8-11-31-22)15-28-9-10-29(20-7-6-19(25)12-17(20)13-26)21(14-28)16-2-4-18(24)5-3-16;18-14-3-1-12(2-4-14)17-11-21-7-8-22(17)16-6-5-15(19)9-13(16)10-20;1-6(4-8-6)5-7-2-3-9-5/h2*2-8,11-12,21,30H,9-10,14-15H2,1H3;1-6,9,17,21H,7-8,11H2;2-3H,4H2,1H3/t21-,23+;21-,23-;17-;6-/m0001/s1. The van der Waals surface area contributed by atoms with Crippen LogP contribution in [0.25, 0.3) is 0 Å². The lowest BCUT2D eigenvalue weighted by molar-refractivity contribution is 0.00977. The van der Waals surface area contributed by atoms with Crippen molar-refractivity contribution in [1.82, 2.24) is 30.1 Å². The zero-order valence-corrected chi connectivity index (χ0v) is 58.0. The summed E-state index contributed by atoms with van der Waals surface area (Å²) in [6.07, 6.45) is 5.24. The van der Waals surface area contributed by atoms with E-state index in [1.807, 2.05) is 145 Å². The van der Waals surface area contributed by atoms with Crippen molar-refractivity contribution in [3.63, 3.8) is 0 Å². The van der Waals surface area contributed by atoms with Gasteiger partial charge in [-0.3, -0.25) is 9.80 Å². The number of epoxide rings is 1. The highest BCUT2D eigenvalue weighted by molar-refractivity contribution is 7.10. The predicted molar refractivity (Wildman–Crippen MR) is 378 cm³/mol. The summed E-state index contributed by atoms with van der Waals surface area (Å²) in [6.45, 7) is 14.3. The number of aliphatic hydroxyl groups is 2. The zero-order valence-electron chi connectivity index (χ0n) is 51.0. The molecule has 6 aromatic carbocycles. The van der Waals surface area contributed by atoms with Crippen LogP contribution in [0.15, 0.2) is 162 Å². The van der Waals surface area contributed by atoms with Crippen LogP contribution < -0.4 is 20.0 Å².